The number of benzene rings is 2. The Morgan fingerprint density at radius 1 is 1.21 bits per heavy atom. The molecule has 3 rings (SSSR count). The molecular weight excluding hydrogens is 310 g/mol. The summed E-state index contributed by atoms with van der Waals surface area (Å²) in [5.41, 5.74) is 1.30. The van der Waals surface area contributed by atoms with Gasteiger partial charge in [0.15, 0.2) is 11.5 Å². The summed E-state index contributed by atoms with van der Waals surface area (Å²) in [5, 5.41) is 11.5. The minimum atomic E-state index is -0.806. The number of hydrogen-bond donors (Lipinski definition) is 0. The first-order chi connectivity index (χ1) is 11.6. The van der Waals surface area contributed by atoms with Gasteiger partial charge in [0.2, 0.25) is 6.10 Å². The number of nitrogens with zero attached hydrogens (tertiary/aromatic N) is 1. The standard InChI is InChI=1S/C18H17NO5/c1-3-23-16-6-4-5-13-11-15(19(20)21)17(24-18(13)16)12-7-9-14(22-2)10-8-12/h4-11,17H,3H2,1-2H3. The number of hydrogen-bond acceptors (Lipinski definition) is 5. The van der Waals surface area contributed by atoms with E-state index in [0.717, 1.165) is 0 Å². The second-order valence-electron chi connectivity index (χ2n) is 5.20. The van der Waals surface area contributed by atoms with Crippen LogP contribution in [0.15, 0.2) is 48.2 Å². The maximum absolute atomic E-state index is 11.5. The van der Waals surface area contributed by atoms with E-state index < -0.39 is 11.0 Å². The Bertz CT molecular complexity index is 782. The van der Waals surface area contributed by atoms with Crippen LogP contribution < -0.4 is 14.2 Å². The molecule has 0 fully saturated rings. The number of fused-ring (bicyclic) bond motifs is 1. The van der Waals surface area contributed by atoms with Gasteiger partial charge in [-0.05, 0) is 25.1 Å². The zero-order valence-corrected chi connectivity index (χ0v) is 13.4. The summed E-state index contributed by atoms with van der Waals surface area (Å²) in [7, 11) is 1.57. The van der Waals surface area contributed by atoms with Gasteiger partial charge >= 0.3 is 0 Å². The van der Waals surface area contributed by atoms with E-state index in [0.29, 0.717) is 35.0 Å². The Morgan fingerprint density at radius 3 is 2.58 bits per heavy atom. The molecule has 1 atom stereocenters. The number of methoxy groups -OCH3 is 1. The van der Waals surface area contributed by atoms with Crippen LogP contribution in [0.3, 0.4) is 0 Å². The predicted molar refractivity (Wildman–Crippen MR) is 88.9 cm³/mol. The Balaban J connectivity index is 2.05. The molecule has 0 N–H and O–H groups in total. The largest absolute Gasteiger partial charge is 0.497 e. The lowest BCUT2D eigenvalue weighted by Crippen LogP contribution is -2.20. The number of rotatable bonds is 5. The third-order valence-electron chi connectivity index (χ3n) is 3.75. The molecule has 0 aromatic heterocycles. The third kappa shape index (κ3) is 2.90. The highest BCUT2D eigenvalue weighted by atomic mass is 16.6. The van der Waals surface area contributed by atoms with Gasteiger partial charge in [0.05, 0.1) is 18.6 Å². The van der Waals surface area contributed by atoms with E-state index >= 15 is 0 Å². The van der Waals surface area contributed by atoms with Gasteiger partial charge in [0.25, 0.3) is 5.70 Å². The second-order valence-corrected chi connectivity index (χ2v) is 5.20. The average Bonchev–Trinajstić information content (AvgIpc) is 2.61. The van der Waals surface area contributed by atoms with Crippen molar-refractivity contribution in [2.24, 2.45) is 0 Å². The summed E-state index contributed by atoms with van der Waals surface area (Å²) in [6.07, 6.45) is 0.732. The summed E-state index contributed by atoms with van der Waals surface area (Å²) < 4.78 is 16.7. The number of para-hydroxylation sites is 1. The van der Waals surface area contributed by atoms with E-state index in [4.69, 9.17) is 14.2 Å². The van der Waals surface area contributed by atoms with Crippen molar-refractivity contribution < 1.29 is 19.1 Å². The molecule has 1 heterocycles. The van der Waals surface area contributed by atoms with Crippen LogP contribution in [-0.2, 0) is 0 Å². The number of nitro groups is 1. The molecule has 0 amide bonds. The molecule has 2 aromatic rings. The van der Waals surface area contributed by atoms with Crippen molar-refractivity contribution in [2.75, 3.05) is 13.7 Å². The van der Waals surface area contributed by atoms with Crippen LogP contribution in [0.2, 0.25) is 0 Å². The van der Waals surface area contributed by atoms with Gasteiger partial charge < -0.3 is 14.2 Å². The fraction of sp³-hybridized carbons (Fsp3) is 0.222. The fourth-order valence-electron chi connectivity index (χ4n) is 2.62. The Morgan fingerprint density at radius 2 is 1.96 bits per heavy atom. The molecule has 124 valence electrons. The van der Waals surface area contributed by atoms with Crippen LogP contribution in [0.5, 0.6) is 17.2 Å². The van der Waals surface area contributed by atoms with Crippen LogP contribution in [0.1, 0.15) is 24.2 Å². The molecule has 0 aliphatic carbocycles. The molecule has 0 saturated carbocycles. The van der Waals surface area contributed by atoms with E-state index in [9.17, 15) is 10.1 Å². The summed E-state index contributed by atoms with van der Waals surface area (Å²) in [6.45, 7) is 2.36. The van der Waals surface area contributed by atoms with Gasteiger partial charge in [-0.15, -0.1) is 0 Å². The van der Waals surface area contributed by atoms with E-state index in [2.05, 4.69) is 0 Å². The monoisotopic (exact) mass is 327 g/mol. The van der Waals surface area contributed by atoms with E-state index in [1.54, 1.807) is 49.6 Å². The van der Waals surface area contributed by atoms with E-state index in [1.165, 1.54) is 6.08 Å². The van der Waals surface area contributed by atoms with Gasteiger partial charge in [0.1, 0.15) is 5.75 Å². The van der Waals surface area contributed by atoms with Crippen molar-refractivity contribution >= 4 is 6.08 Å². The van der Waals surface area contributed by atoms with Crippen LogP contribution in [0.25, 0.3) is 6.08 Å². The van der Waals surface area contributed by atoms with Crippen molar-refractivity contribution in [1.29, 1.82) is 0 Å². The van der Waals surface area contributed by atoms with Crippen molar-refractivity contribution in [1.82, 2.24) is 0 Å². The van der Waals surface area contributed by atoms with Crippen LogP contribution >= 0.6 is 0 Å². The molecule has 0 saturated heterocycles. The summed E-state index contributed by atoms with van der Waals surface area (Å²) in [5.74, 6) is 1.77. The quantitative estimate of drug-likeness (QED) is 0.616. The maximum atomic E-state index is 11.5. The lowest BCUT2D eigenvalue weighted by Gasteiger charge is -2.24. The highest BCUT2D eigenvalue weighted by molar-refractivity contribution is 5.66. The highest BCUT2D eigenvalue weighted by Gasteiger charge is 2.34. The van der Waals surface area contributed by atoms with Gasteiger partial charge in [-0.3, -0.25) is 10.1 Å². The molecule has 1 unspecified atom stereocenters. The topological polar surface area (TPSA) is 70.8 Å². The molecule has 6 heteroatoms. The second kappa shape index (κ2) is 6.62. The zero-order valence-electron chi connectivity index (χ0n) is 13.4. The van der Waals surface area contributed by atoms with Crippen LogP contribution in [0, 0.1) is 10.1 Å². The molecule has 24 heavy (non-hydrogen) atoms. The molecule has 2 aromatic carbocycles. The Hall–Kier alpha value is -3.02. The summed E-state index contributed by atoms with van der Waals surface area (Å²) in [6, 6.07) is 12.4. The van der Waals surface area contributed by atoms with Crippen LogP contribution in [-0.4, -0.2) is 18.6 Å². The molecule has 0 spiro atoms. The van der Waals surface area contributed by atoms with Crippen molar-refractivity contribution in [3.05, 3.63) is 69.4 Å². The number of ether oxygens (including phenoxy) is 3. The smallest absolute Gasteiger partial charge is 0.291 e. The lowest BCUT2D eigenvalue weighted by molar-refractivity contribution is -0.434. The normalized spacial score (nSPS) is 15.8. The van der Waals surface area contributed by atoms with Gasteiger partial charge in [-0.25, -0.2) is 0 Å². The lowest BCUT2D eigenvalue weighted by atomic mass is 10.0. The summed E-state index contributed by atoms with van der Waals surface area (Å²) >= 11 is 0. The molecule has 0 radical (unpaired) electrons. The first-order valence-corrected chi connectivity index (χ1v) is 7.56. The van der Waals surface area contributed by atoms with Crippen molar-refractivity contribution in [3.8, 4) is 17.2 Å². The zero-order chi connectivity index (χ0) is 17.1. The average molecular weight is 327 g/mol. The van der Waals surface area contributed by atoms with Gasteiger partial charge in [-0.1, -0.05) is 24.3 Å². The van der Waals surface area contributed by atoms with E-state index in [1.807, 2.05) is 6.92 Å². The molecular formula is C18H17NO5. The minimum absolute atomic E-state index is 0.0127. The van der Waals surface area contributed by atoms with Gasteiger partial charge in [0, 0.05) is 17.2 Å². The molecule has 0 bridgehead atoms. The van der Waals surface area contributed by atoms with E-state index in [-0.39, 0.29) is 5.70 Å². The first-order valence-electron chi connectivity index (χ1n) is 7.56. The van der Waals surface area contributed by atoms with Crippen molar-refractivity contribution in [2.45, 2.75) is 13.0 Å². The van der Waals surface area contributed by atoms with Crippen LogP contribution in [0.4, 0.5) is 0 Å². The molecule has 6 nitrogen and oxygen atoms in total. The summed E-state index contributed by atoms with van der Waals surface area (Å²) in [4.78, 5) is 11.1. The van der Waals surface area contributed by atoms with Gasteiger partial charge in [-0.2, -0.15) is 0 Å². The molecule has 1 aliphatic rings. The SMILES string of the molecule is CCOc1cccc2c1OC(c1ccc(OC)cc1)C([N+](=O)[O-])=C2. The first kappa shape index (κ1) is 15.9. The Labute approximate surface area is 139 Å². The highest BCUT2D eigenvalue weighted by Crippen LogP contribution is 2.43. The Kier molecular flexibility index (Phi) is 4.37. The fourth-order valence-corrected chi connectivity index (χ4v) is 2.62. The maximum Gasteiger partial charge on any atom is 0.291 e. The predicted octanol–water partition coefficient (Wildman–Crippen LogP) is 3.85. The minimum Gasteiger partial charge on any atom is -0.497 e. The third-order valence-corrected chi connectivity index (χ3v) is 3.75. The van der Waals surface area contributed by atoms with Crippen molar-refractivity contribution in [3.63, 3.8) is 0 Å². The molecule has 1 aliphatic heterocycles.